The minimum atomic E-state index is -0.503. The summed E-state index contributed by atoms with van der Waals surface area (Å²) in [5.74, 6) is 0.490. The van der Waals surface area contributed by atoms with Crippen molar-refractivity contribution < 1.29 is 18.7 Å². The molecule has 0 spiro atoms. The van der Waals surface area contributed by atoms with Crippen molar-refractivity contribution in [2.45, 2.75) is 59.5 Å². The third-order valence-electron chi connectivity index (χ3n) is 6.16. The van der Waals surface area contributed by atoms with Crippen LogP contribution in [0.2, 0.25) is 0 Å². The Morgan fingerprint density at radius 1 is 1.17 bits per heavy atom. The summed E-state index contributed by atoms with van der Waals surface area (Å²) >= 11 is 0. The molecular formula is C25H27NO4. The van der Waals surface area contributed by atoms with E-state index in [1.165, 1.54) is 0 Å². The van der Waals surface area contributed by atoms with Crippen LogP contribution in [0.4, 0.5) is 5.69 Å². The predicted octanol–water partition coefficient (Wildman–Crippen LogP) is 6.00. The lowest BCUT2D eigenvalue weighted by molar-refractivity contribution is 0.0503. The molecule has 1 aliphatic heterocycles. The maximum absolute atomic E-state index is 13.1. The average molecular weight is 405 g/mol. The third kappa shape index (κ3) is 3.18. The van der Waals surface area contributed by atoms with Gasteiger partial charge in [0.2, 0.25) is 0 Å². The minimum Gasteiger partial charge on any atom is -0.486 e. The Balaban J connectivity index is 1.78. The van der Waals surface area contributed by atoms with Crippen molar-refractivity contribution >= 4 is 28.3 Å². The van der Waals surface area contributed by atoms with Gasteiger partial charge in [-0.25, -0.2) is 0 Å². The van der Waals surface area contributed by atoms with Gasteiger partial charge in [-0.3, -0.25) is 9.59 Å². The fraction of sp³-hybridized carbons (Fsp3) is 0.360. The third-order valence-corrected chi connectivity index (χ3v) is 6.16. The lowest BCUT2D eigenvalue weighted by Gasteiger charge is -2.34. The van der Waals surface area contributed by atoms with Gasteiger partial charge in [0.05, 0.1) is 12.0 Å². The van der Waals surface area contributed by atoms with Crippen LogP contribution < -0.4 is 10.1 Å². The van der Waals surface area contributed by atoms with Crippen LogP contribution in [0, 0.1) is 13.8 Å². The Hall–Kier alpha value is -3.08. The summed E-state index contributed by atoms with van der Waals surface area (Å²) in [6.07, 6.45) is 1.86. The number of benzene rings is 2. The van der Waals surface area contributed by atoms with Crippen LogP contribution in [0.5, 0.6) is 5.75 Å². The zero-order valence-corrected chi connectivity index (χ0v) is 18.1. The SMILES string of the molecule is CCc1cccc(C)c1NC(=O)c1oc2ccc3c(c2c1C)C(=O)C[C@](C)(CC)O3. The van der Waals surface area contributed by atoms with E-state index in [0.29, 0.717) is 34.3 Å². The number of aryl methyl sites for hydroxylation is 3. The molecule has 0 unspecified atom stereocenters. The van der Waals surface area contributed by atoms with Crippen LogP contribution in [0.3, 0.4) is 0 Å². The van der Waals surface area contributed by atoms with Crippen LogP contribution >= 0.6 is 0 Å². The van der Waals surface area contributed by atoms with Gasteiger partial charge in [0.25, 0.3) is 5.91 Å². The highest BCUT2D eigenvalue weighted by Crippen LogP contribution is 2.41. The van der Waals surface area contributed by atoms with Gasteiger partial charge >= 0.3 is 0 Å². The van der Waals surface area contributed by atoms with E-state index < -0.39 is 5.60 Å². The molecule has 1 aliphatic rings. The number of amides is 1. The first-order valence-corrected chi connectivity index (χ1v) is 10.5. The Morgan fingerprint density at radius 3 is 2.63 bits per heavy atom. The first-order valence-electron chi connectivity index (χ1n) is 10.5. The summed E-state index contributed by atoms with van der Waals surface area (Å²) in [4.78, 5) is 26.1. The summed E-state index contributed by atoms with van der Waals surface area (Å²) in [6, 6.07) is 9.50. The van der Waals surface area contributed by atoms with Crippen molar-refractivity contribution in [3.63, 3.8) is 0 Å². The molecule has 1 aromatic heterocycles. The van der Waals surface area contributed by atoms with Gasteiger partial charge in [-0.1, -0.05) is 32.0 Å². The quantitative estimate of drug-likeness (QED) is 0.578. The highest BCUT2D eigenvalue weighted by molar-refractivity contribution is 6.15. The van der Waals surface area contributed by atoms with Gasteiger partial charge in [0, 0.05) is 16.6 Å². The highest BCUT2D eigenvalue weighted by Gasteiger charge is 2.37. The molecule has 1 atom stereocenters. The molecule has 1 amide bonds. The predicted molar refractivity (Wildman–Crippen MR) is 118 cm³/mol. The van der Waals surface area contributed by atoms with E-state index in [2.05, 4.69) is 12.2 Å². The molecule has 0 fully saturated rings. The first-order chi connectivity index (χ1) is 14.3. The number of anilines is 1. The van der Waals surface area contributed by atoms with Crippen molar-refractivity contribution in [3.05, 3.63) is 58.3 Å². The van der Waals surface area contributed by atoms with Gasteiger partial charge in [-0.15, -0.1) is 0 Å². The summed E-state index contributed by atoms with van der Waals surface area (Å²) in [7, 11) is 0. The second-order valence-electron chi connectivity index (χ2n) is 8.29. The van der Waals surface area contributed by atoms with Crippen LogP contribution in [-0.2, 0) is 6.42 Å². The largest absolute Gasteiger partial charge is 0.486 e. The lowest BCUT2D eigenvalue weighted by Crippen LogP contribution is -2.38. The van der Waals surface area contributed by atoms with E-state index >= 15 is 0 Å². The topological polar surface area (TPSA) is 68.5 Å². The van der Waals surface area contributed by atoms with Crippen molar-refractivity contribution in [1.29, 1.82) is 0 Å². The number of ketones is 1. The van der Waals surface area contributed by atoms with E-state index in [0.717, 1.165) is 29.7 Å². The minimum absolute atomic E-state index is 0.0224. The van der Waals surface area contributed by atoms with Gasteiger partial charge in [-0.05, 0) is 56.9 Å². The molecule has 1 N–H and O–H groups in total. The molecule has 5 nitrogen and oxygen atoms in total. The molecule has 0 radical (unpaired) electrons. The van der Waals surface area contributed by atoms with Crippen LogP contribution in [0.25, 0.3) is 11.0 Å². The number of hydrogen-bond acceptors (Lipinski definition) is 4. The number of nitrogens with one attached hydrogen (secondary N) is 1. The second-order valence-corrected chi connectivity index (χ2v) is 8.29. The van der Waals surface area contributed by atoms with E-state index in [4.69, 9.17) is 9.15 Å². The molecular weight excluding hydrogens is 378 g/mol. The first kappa shape index (κ1) is 20.2. The molecule has 0 bridgehead atoms. The standard InChI is InChI=1S/C25H27NO4/c1-6-16-10-8-9-14(3)22(16)26-24(28)23-15(4)20-18(29-23)11-12-19-21(20)17(27)13-25(5,7-2)30-19/h8-12H,6-7,13H2,1-5H3,(H,26,28)/t25-/m0/s1. The average Bonchev–Trinajstić information content (AvgIpc) is 3.06. The zero-order chi connectivity index (χ0) is 21.6. The molecule has 0 saturated carbocycles. The fourth-order valence-electron chi connectivity index (χ4n) is 4.20. The molecule has 0 aliphatic carbocycles. The van der Waals surface area contributed by atoms with Crippen molar-refractivity contribution in [1.82, 2.24) is 0 Å². The smallest absolute Gasteiger partial charge is 0.291 e. The van der Waals surface area contributed by atoms with Crippen molar-refractivity contribution in [2.75, 3.05) is 5.32 Å². The highest BCUT2D eigenvalue weighted by atomic mass is 16.5. The maximum Gasteiger partial charge on any atom is 0.291 e. The summed E-state index contributed by atoms with van der Waals surface area (Å²) in [6.45, 7) is 9.81. The molecule has 0 saturated heterocycles. The molecule has 5 heteroatoms. The van der Waals surface area contributed by atoms with E-state index in [1.54, 1.807) is 12.1 Å². The van der Waals surface area contributed by atoms with Gasteiger partial charge in [-0.2, -0.15) is 0 Å². The molecule has 2 heterocycles. The number of ether oxygens (including phenoxy) is 1. The van der Waals surface area contributed by atoms with Gasteiger partial charge in [0.1, 0.15) is 16.9 Å². The Bertz CT molecular complexity index is 1170. The van der Waals surface area contributed by atoms with Crippen molar-refractivity contribution in [2.24, 2.45) is 0 Å². The fourth-order valence-corrected chi connectivity index (χ4v) is 4.20. The van der Waals surface area contributed by atoms with Crippen LogP contribution in [-0.4, -0.2) is 17.3 Å². The zero-order valence-electron chi connectivity index (χ0n) is 18.1. The monoisotopic (exact) mass is 405 g/mol. The maximum atomic E-state index is 13.1. The number of para-hydroxylation sites is 1. The van der Waals surface area contributed by atoms with Crippen molar-refractivity contribution in [3.8, 4) is 5.75 Å². The van der Waals surface area contributed by atoms with Crippen LogP contribution in [0.1, 0.15) is 71.2 Å². The Labute approximate surface area is 176 Å². The van der Waals surface area contributed by atoms with Crippen LogP contribution in [0.15, 0.2) is 34.7 Å². The number of fused-ring (bicyclic) bond motifs is 3. The number of carbonyl (C=O) groups is 2. The summed E-state index contributed by atoms with van der Waals surface area (Å²) in [5, 5.41) is 3.68. The second kappa shape index (κ2) is 7.31. The number of rotatable bonds is 4. The summed E-state index contributed by atoms with van der Waals surface area (Å²) < 4.78 is 12.1. The van der Waals surface area contributed by atoms with E-state index in [1.807, 2.05) is 45.9 Å². The summed E-state index contributed by atoms with van der Waals surface area (Å²) in [5.41, 5.74) is 4.07. The number of carbonyl (C=O) groups excluding carboxylic acids is 2. The van der Waals surface area contributed by atoms with E-state index in [9.17, 15) is 9.59 Å². The number of Topliss-reactive ketones (excluding diaryl/α,β-unsaturated/α-hetero) is 1. The Morgan fingerprint density at radius 2 is 1.93 bits per heavy atom. The van der Waals surface area contributed by atoms with Gasteiger partial charge < -0.3 is 14.5 Å². The normalized spacial score (nSPS) is 18.2. The molecule has 156 valence electrons. The number of hydrogen-bond donors (Lipinski definition) is 1. The Kier molecular flexibility index (Phi) is 4.92. The molecule has 4 rings (SSSR count). The van der Waals surface area contributed by atoms with E-state index in [-0.39, 0.29) is 17.5 Å². The van der Waals surface area contributed by atoms with Gasteiger partial charge in [0.15, 0.2) is 11.5 Å². The lowest BCUT2D eigenvalue weighted by atomic mass is 9.87. The molecule has 30 heavy (non-hydrogen) atoms. The molecule has 2 aromatic carbocycles. The number of furan rings is 1. The molecule has 3 aromatic rings.